The first-order valence-corrected chi connectivity index (χ1v) is 9.01. The Hall–Kier alpha value is -2.55. The van der Waals surface area contributed by atoms with Crippen molar-refractivity contribution in [3.05, 3.63) is 66.8 Å². The average Bonchev–Trinajstić information content (AvgIpc) is 3.24. The fourth-order valence-corrected chi connectivity index (χ4v) is 4.19. The molecule has 2 aromatic carbocycles. The molecule has 3 atom stereocenters. The molecule has 0 heterocycles. The van der Waals surface area contributed by atoms with Gasteiger partial charge in [0, 0.05) is 11.8 Å². The van der Waals surface area contributed by atoms with E-state index in [0.29, 0.717) is 5.92 Å². The Morgan fingerprint density at radius 1 is 1.24 bits per heavy atom. The topological polar surface area (TPSA) is 38.3 Å². The zero-order valence-corrected chi connectivity index (χ0v) is 14.3. The lowest BCUT2D eigenvalue weighted by molar-refractivity contribution is 0.133. The van der Waals surface area contributed by atoms with Crippen molar-refractivity contribution in [1.29, 1.82) is 0 Å². The summed E-state index contributed by atoms with van der Waals surface area (Å²) >= 11 is 0. The molecule has 2 aliphatic rings. The highest BCUT2D eigenvalue weighted by Crippen LogP contribution is 2.45. The van der Waals surface area contributed by atoms with Gasteiger partial charge in [0.05, 0.1) is 5.69 Å². The van der Waals surface area contributed by atoms with Gasteiger partial charge in [0.15, 0.2) is 0 Å². The molecule has 2 bridgehead atoms. The molecule has 0 aromatic heterocycles. The number of amides is 1. The van der Waals surface area contributed by atoms with E-state index in [1.54, 1.807) is 6.08 Å². The van der Waals surface area contributed by atoms with Gasteiger partial charge in [-0.2, -0.15) is 0 Å². The number of nitrogens with one attached hydrogen (secondary N) is 1. The number of fused-ring (bicyclic) bond motifs is 3. The lowest BCUT2D eigenvalue weighted by Gasteiger charge is -2.19. The summed E-state index contributed by atoms with van der Waals surface area (Å²) in [5.41, 5.74) is 2.21. The average molecular weight is 333 g/mol. The number of anilines is 1. The Morgan fingerprint density at radius 2 is 2.08 bits per heavy atom. The molecule has 25 heavy (non-hydrogen) atoms. The highest BCUT2D eigenvalue weighted by molar-refractivity contribution is 6.00. The third-order valence-electron chi connectivity index (χ3n) is 5.43. The van der Waals surface area contributed by atoms with Gasteiger partial charge >= 0.3 is 6.09 Å². The number of allylic oxidation sites excluding steroid dienone is 1. The van der Waals surface area contributed by atoms with Gasteiger partial charge in [0.25, 0.3) is 0 Å². The minimum Gasteiger partial charge on any atom is -0.441 e. The minimum atomic E-state index is -0.426. The highest BCUT2D eigenvalue weighted by atomic mass is 16.6. The van der Waals surface area contributed by atoms with E-state index >= 15 is 0 Å². The molecule has 0 radical (unpaired) electrons. The van der Waals surface area contributed by atoms with Crippen LogP contribution >= 0.6 is 0 Å². The summed E-state index contributed by atoms with van der Waals surface area (Å²) < 4.78 is 5.61. The lowest BCUT2D eigenvalue weighted by atomic mass is 9.94. The third kappa shape index (κ3) is 3.32. The molecule has 0 unspecified atom stereocenters. The summed E-state index contributed by atoms with van der Waals surface area (Å²) in [6.07, 6.45) is 8.06. The molecule has 2 aromatic rings. The number of carbonyl (C=O) groups is 1. The molecular formula is C22H23NO2. The highest BCUT2D eigenvalue weighted by Gasteiger charge is 2.33. The largest absolute Gasteiger partial charge is 0.441 e. The summed E-state index contributed by atoms with van der Waals surface area (Å²) in [5.74, 6) is 1.44. The van der Waals surface area contributed by atoms with Crippen molar-refractivity contribution >= 4 is 22.6 Å². The zero-order valence-electron chi connectivity index (χ0n) is 14.3. The smallest absolute Gasteiger partial charge is 0.412 e. The van der Waals surface area contributed by atoms with Gasteiger partial charge in [-0.25, -0.2) is 4.79 Å². The molecule has 4 rings (SSSR count). The predicted molar refractivity (Wildman–Crippen MR) is 102 cm³/mol. The summed E-state index contributed by atoms with van der Waals surface area (Å²) in [5, 5.41) is 4.98. The van der Waals surface area contributed by atoms with E-state index in [1.165, 1.54) is 24.8 Å². The van der Waals surface area contributed by atoms with E-state index in [2.05, 4.69) is 18.0 Å². The van der Waals surface area contributed by atoms with Gasteiger partial charge in [-0.1, -0.05) is 60.7 Å². The van der Waals surface area contributed by atoms with Gasteiger partial charge in [-0.3, -0.25) is 5.32 Å². The SMILES string of the molecule is C=C[C@H](CC1=C[C@H]2CC[C@H]1C2)OC(=O)Nc1cccc2ccccc12. The molecule has 1 saturated carbocycles. The Labute approximate surface area is 148 Å². The summed E-state index contributed by atoms with van der Waals surface area (Å²) in [4.78, 5) is 12.4. The van der Waals surface area contributed by atoms with Crippen LogP contribution in [0.4, 0.5) is 10.5 Å². The fourth-order valence-electron chi connectivity index (χ4n) is 4.19. The second-order valence-electron chi connectivity index (χ2n) is 7.05. The van der Waals surface area contributed by atoms with E-state index in [0.717, 1.165) is 28.8 Å². The van der Waals surface area contributed by atoms with Crippen molar-refractivity contribution < 1.29 is 9.53 Å². The Balaban J connectivity index is 1.42. The zero-order chi connectivity index (χ0) is 17.2. The van der Waals surface area contributed by atoms with Gasteiger partial charge in [-0.15, -0.1) is 0 Å². The summed E-state index contributed by atoms with van der Waals surface area (Å²) in [6, 6.07) is 13.8. The van der Waals surface area contributed by atoms with E-state index < -0.39 is 6.09 Å². The number of rotatable bonds is 5. The monoisotopic (exact) mass is 333 g/mol. The minimum absolute atomic E-state index is 0.277. The summed E-state index contributed by atoms with van der Waals surface area (Å²) in [7, 11) is 0. The second kappa shape index (κ2) is 6.75. The molecule has 1 amide bonds. The molecule has 3 heteroatoms. The lowest BCUT2D eigenvalue weighted by Crippen LogP contribution is -2.22. The number of hydrogen-bond acceptors (Lipinski definition) is 2. The van der Waals surface area contributed by atoms with Crippen LogP contribution in [-0.4, -0.2) is 12.2 Å². The maximum Gasteiger partial charge on any atom is 0.412 e. The Bertz CT molecular complexity index is 834. The van der Waals surface area contributed by atoms with Crippen molar-refractivity contribution in [2.75, 3.05) is 5.32 Å². The van der Waals surface area contributed by atoms with Crippen LogP contribution in [0.15, 0.2) is 66.8 Å². The fraction of sp³-hybridized carbons (Fsp3) is 0.318. The quantitative estimate of drug-likeness (QED) is 0.714. The van der Waals surface area contributed by atoms with E-state index in [1.807, 2.05) is 42.5 Å². The van der Waals surface area contributed by atoms with Crippen LogP contribution in [0.3, 0.4) is 0 Å². The number of benzene rings is 2. The maximum atomic E-state index is 12.4. The van der Waals surface area contributed by atoms with Gasteiger partial charge in [0.1, 0.15) is 6.10 Å². The van der Waals surface area contributed by atoms with E-state index in [4.69, 9.17) is 4.74 Å². The van der Waals surface area contributed by atoms with Gasteiger partial charge in [-0.05, 0) is 42.6 Å². The van der Waals surface area contributed by atoms with Crippen LogP contribution in [0.1, 0.15) is 25.7 Å². The molecule has 1 fully saturated rings. The van der Waals surface area contributed by atoms with Crippen molar-refractivity contribution in [2.24, 2.45) is 11.8 Å². The molecule has 3 nitrogen and oxygen atoms in total. The molecule has 0 saturated heterocycles. The van der Waals surface area contributed by atoms with Crippen LogP contribution < -0.4 is 5.32 Å². The van der Waals surface area contributed by atoms with E-state index in [9.17, 15) is 4.79 Å². The molecule has 128 valence electrons. The normalized spacial score (nSPS) is 22.5. The van der Waals surface area contributed by atoms with Crippen molar-refractivity contribution in [3.63, 3.8) is 0 Å². The van der Waals surface area contributed by atoms with Crippen molar-refractivity contribution in [3.8, 4) is 0 Å². The van der Waals surface area contributed by atoms with Gasteiger partial charge < -0.3 is 4.74 Å². The molecular weight excluding hydrogens is 310 g/mol. The van der Waals surface area contributed by atoms with Crippen LogP contribution in [0.25, 0.3) is 10.8 Å². The first-order chi connectivity index (χ1) is 12.2. The van der Waals surface area contributed by atoms with Crippen molar-refractivity contribution in [2.45, 2.75) is 31.8 Å². The number of ether oxygens (including phenoxy) is 1. The Kier molecular flexibility index (Phi) is 4.31. The van der Waals surface area contributed by atoms with Crippen LogP contribution in [0, 0.1) is 11.8 Å². The first-order valence-electron chi connectivity index (χ1n) is 9.01. The second-order valence-corrected chi connectivity index (χ2v) is 7.05. The summed E-state index contributed by atoms with van der Waals surface area (Å²) in [6.45, 7) is 3.84. The molecule has 2 aliphatic carbocycles. The number of carbonyl (C=O) groups excluding carboxylic acids is 1. The van der Waals surface area contributed by atoms with Crippen LogP contribution in [0.5, 0.6) is 0 Å². The first kappa shape index (κ1) is 15.9. The molecule has 0 aliphatic heterocycles. The Morgan fingerprint density at radius 3 is 2.84 bits per heavy atom. The van der Waals surface area contributed by atoms with Gasteiger partial charge in [0.2, 0.25) is 0 Å². The van der Waals surface area contributed by atoms with Crippen LogP contribution in [-0.2, 0) is 4.74 Å². The maximum absolute atomic E-state index is 12.4. The third-order valence-corrected chi connectivity index (χ3v) is 5.43. The van der Waals surface area contributed by atoms with E-state index in [-0.39, 0.29) is 6.10 Å². The van der Waals surface area contributed by atoms with Crippen molar-refractivity contribution in [1.82, 2.24) is 0 Å². The standard InChI is InChI=1S/C22H23NO2/c1-2-19(14-18-13-15-10-11-17(18)12-15)25-22(24)23-21-9-5-7-16-6-3-4-8-20(16)21/h2-9,13,15,17,19H,1,10-12,14H2,(H,23,24)/t15-,17-,19+/m0/s1. The number of hydrogen-bond donors (Lipinski definition) is 1. The predicted octanol–water partition coefficient (Wildman–Crippen LogP) is 5.69. The molecule has 0 spiro atoms. The molecule has 1 N–H and O–H groups in total. The van der Waals surface area contributed by atoms with Crippen LogP contribution in [0.2, 0.25) is 0 Å².